The van der Waals surface area contributed by atoms with Crippen LogP contribution in [0.2, 0.25) is 0 Å². The molecule has 2 aromatic rings. The molecule has 1 saturated carbocycles. The topological polar surface area (TPSA) is 52.9 Å². The zero-order valence-corrected chi connectivity index (χ0v) is 14.4. The molecule has 1 aliphatic carbocycles. The van der Waals surface area contributed by atoms with Crippen LogP contribution in [-0.4, -0.2) is 11.9 Å². The molecule has 0 saturated heterocycles. The standard InChI is InChI=1S/C22H24N2O/c23-16-18-10-7-13-20(14-18)22(25)24-21(19-11-5-2-6-12-19)15-17-8-3-1-4-9-17/h1,3-4,7-10,13-14,19,21H,2,5-6,11-12,15H2,(H,24,25). The molecule has 1 amide bonds. The van der Waals surface area contributed by atoms with Gasteiger partial charge in [-0.25, -0.2) is 0 Å². The van der Waals surface area contributed by atoms with E-state index in [-0.39, 0.29) is 11.9 Å². The summed E-state index contributed by atoms with van der Waals surface area (Å²) < 4.78 is 0. The molecule has 1 aliphatic rings. The van der Waals surface area contributed by atoms with Crippen LogP contribution in [0, 0.1) is 17.2 Å². The average molecular weight is 332 g/mol. The first kappa shape index (κ1) is 17.2. The Bertz CT molecular complexity index is 742. The third kappa shape index (κ3) is 4.70. The van der Waals surface area contributed by atoms with Gasteiger partial charge in [0.1, 0.15) is 0 Å². The molecule has 3 nitrogen and oxygen atoms in total. The van der Waals surface area contributed by atoms with Gasteiger partial charge in [0.25, 0.3) is 5.91 Å². The van der Waals surface area contributed by atoms with Gasteiger partial charge in [-0.05, 0) is 48.9 Å². The predicted octanol–water partition coefficient (Wildman–Crippen LogP) is 4.48. The van der Waals surface area contributed by atoms with Crippen LogP contribution in [-0.2, 0) is 6.42 Å². The first-order chi connectivity index (χ1) is 12.3. The van der Waals surface area contributed by atoms with Gasteiger partial charge in [0.05, 0.1) is 11.6 Å². The van der Waals surface area contributed by atoms with E-state index in [9.17, 15) is 4.79 Å². The van der Waals surface area contributed by atoms with E-state index >= 15 is 0 Å². The Balaban J connectivity index is 1.76. The highest BCUT2D eigenvalue weighted by Crippen LogP contribution is 2.28. The third-order valence-corrected chi connectivity index (χ3v) is 5.09. The first-order valence-electron chi connectivity index (χ1n) is 9.11. The zero-order valence-electron chi connectivity index (χ0n) is 14.4. The normalized spacial score (nSPS) is 16.0. The van der Waals surface area contributed by atoms with Crippen molar-refractivity contribution in [3.05, 3.63) is 71.3 Å². The monoisotopic (exact) mass is 332 g/mol. The van der Waals surface area contributed by atoms with Gasteiger partial charge in [-0.15, -0.1) is 0 Å². The van der Waals surface area contributed by atoms with Crippen molar-refractivity contribution >= 4 is 5.91 Å². The summed E-state index contributed by atoms with van der Waals surface area (Å²) in [6, 6.07) is 19.5. The number of benzene rings is 2. The largest absolute Gasteiger partial charge is 0.349 e. The molecule has 0 radical (unpaired) electrons. The highest BCUT2D eigenvalue weighted by Gasteiger charge is 2.25. The van der Waals surface area contributed by atoms with Crippen molar-refractivity contribution in [1.82, 2.24) is 5.32 Å². The van der Waals surface area contributed by atoms with Gasteiger partial charge in [0.2, 0.25) is 0 Å². The minimum atomic E-state index is -0.0800. The molecule has 2 aromatic carbocycles. The Hall–Kier alpha value is -2.60. The Labute approximate surface area is 149 Å². The summed E-state index contributed by atoms with van der Waals surface area (Å²) in [5.74, 6) is 0.445. The lowest BCUT2D eigenvalue weighted by Crippen LogP contribution is -2.42. The Morgan fingerprint density at radius 1 is 1.08 bits per heavy atom. The van der Waals surface area contributed by atoms with Crippen LogP contribution in [0.15, 0.2) is 54.6 Å². The van der Waals surface area contributed by atoms with Crippen molar-refractivity contribution in [2.24, 2.45) is 5.92 Å². The molecule has 0 spiro atoms. The zero-order chi connectivity index (χ0) is 17.5. The van der Waals surface area contributed by atoms with Crippen molar-refractivity contribution in [1.29, 1.82) is 5.26 Å². The lowest BCUT2D eigenvalue weighted by atomic mass is 9.81. The van der Waals surface area contributed by atoms with E-state index in [1.54, 1.807) is 24.3 Å². The van der Waals surface area contributed by atoms with E-state index in [0.29, 0.717) is 17.0 Å². The summed E-state index contributed by atoms with van der Waals surface area (Å²) in [6.07, 6.45) is 7.00. The smallest absolute Gasteiger partial charge is 0.251 e. The molecule has 0 bridgehead atoms. The molecule has 0 aliphatic heterocycles. The quantitative estimate of drug-likeness (QED) is 0.877. The highest BCUT2D eigenvalue weighted by molar-refractivity contribution is 5.94. The molecule has 0 aromatic heterocycles. The van der Waals surface area contributed by atoms with Gasteiger partial charge in [-0.2, -0.15) is 5.26 Å². The molecule has 1 unspecified atom stereocenters. The molecule has 0 heterocycles. The Kier molecular flexibility index (Phi) is 5.85. The molecule has 1 fully saturated rings. The van der Waals surface area contributed by atoms with Gasteiger partial charge >= 0.3 is 0 Å². The van der Waals surface area contributed by atoms with Gasteiger partial charge < -0.3 is 5.32 Å². The summed E-state index contributed by atoms with van der Waals surface area (Å²) in [7, 11) is 0. The van der Waals surface area contributed by atoms with Crippen LogP contribution in [0.3, 0.4) is 0 Å². The predicted molar refractivity (Wildman–Crippen MR) is 99.1 cm³/mol. The van der Waals surface area contributed by atoms with Crippen LogP contribution in [0.5, 0.6) is 0 Å². The number of rotatable bonds is 5. The van der Waals surface area contributed by atoms with E-state index in [2.05, 4.69) is 23.5 Å². The summed E-state index contributed by atoms with van der Waals surface area (Å²) in [6.45, 7) is 0. The maximum absolute atomic E-state index is 12.7. The van der Waals surface area contributed by atoms with Crippen LogP contribution in [0.4, 0.5) is 0 Å². The lowest BCUT2D eigenvalue weighted by molar-refractivity contribution is 0.0913. The van der Waals surface area contributed by atoms with Crippen LogP contribution in [0.25, 0.3) is 0 Å². The first-order valence-corrected chi connectivity index (χ1v) is 9.11. The maximum Gasteiger partial charge on any atom is 0.251 e. The molecule has 3 heteroatoms. The van der Waals surface area contributed by atoms with Gasteiger partial charge in [-0.1, -0.05) is 55.7 Å². The summed E-state index contributed by atoms with van der Waals surface area (Å²) >= 11 is 0. The van der Waals surface area contributed by atoms with E-state index in [1.165, 1.54) is 37.7 Å². The number of hydrogen-bond donors (Lipinski definition) is 1. The number of hydrogen-bond acceptors (Lipinski definition) is 2. The van der Waals surface area contributed by atoms with Crippen molar-refractivity contribution in [3.8, 4) is 6.07 Å². The van der Waals surface area contributed by atoms with Gasteiger partial charge in [-0.3, -0.25) is 4.79 Å². The average Bonchev–Trinajstić information content (AvgIpc) is 2.69. The van der Waals surface area contributed by atoms with Gasteiger partial charge in [0, 0.05) is 11.6 Å². The number of nitrogens with one attached hydrogen (secondary N) is 1. The lowest BCUT2D eigenvalue weighted by Gasteiger charge is -2.31. The second kappa shape index (κ2) is 8.48. The van der Waals surface area contributed by atoms with Crippen molar-refractivity contribution < 1.29 is 4.79 Å². The molecule has 25 heavy (non-hydrogen) atoms. The maximum atomic E-state index is 12.7. The second-order valence-electron chi connectivity index (χ2n) is 6.86. The molecule has 3 rings (SSSR count). The van der Waals surface area contributed by atoms with Crippen LogP contribution >= 0.6 is 0 Å². The van der Waals surface area contributed by atoms with Crippen LogP contribution < -0.4 is 5.32 Å². The van der Waals surface area contributed by atoms with E-state index in [1.807, 2.05) is 18.2 Å². The minimum Gasteiger partial charge on any atom is -0.349 e. The molecule has 1 N–H and O–H groups in total. The van der Waals surface area contributed by atoms with Crippen LogP contribution in [0.1, 0.15) is 53.6 Å². The summed E-state index contributed by atoms with van der Waals surface area (Å²) in [5.41, 5.74) is 2.34. The number of carbonyl (C=O) groups excluding carboxylic acids is 1. The molecule has 128 valence electrons. The molecular weight excluding hydrogens is 308 g/mol. The van der Waals surface area contributed by atoms with E-state index < -0.39 is 0 Å². The Morgan fingerprint density at radius 3 is 2.56 bits per heavy atom. The summed E-state index contributed by atoms with van der Waals surface area (Å²) in [4.78, 5) is 12.7. The fourth-order valence-corrected chi connectivity index (χ4v) is 3.72. The number of carbonyl (C=O) groups is 1. The van der Waals surface area contributed by atoms with Crippen molar-refractivity contribution in [2.45, 2.75) is 44.6 Å². The molecular formula is C22H24N2O. The molecule has 1 atom stereocenters. The van der Waals surface area contributed by atoms with Gasteiger partial charge in [0.15, 0.2) is 0 Å². The van der Waals surface area contributed by atoms with Crippen molar-refractivity contribution in [2.75, 3.05) is 0 Å². The number of nitriles is 1. The highest BCUT2D eigenvalue weighted by atomic mass is 16.1. The SMILES string of the molecule is N#Cc1cccc(C(=O)NC(Cc2ccccc2)C2CCCCC2)c1. The van der Waals surface area contributed by atoms with E-state index in [4.69, 9.17) is 5.26 Å². The Morgan fingerprint density at radius 2 is 1.84 bits per heavy atom. The number of nitrogens with zero attached hydrogens (tertiary/aromatic N) is 1. The van der Waals surface area contributed by atoms with E-state index in [0.717, 1.165) is 6.42 Å². The fourth-order valence-electron chi connectivity index (χ4n) is 3.72. The third-order valence-electron chi connectivity index (χ3n) is 5.09. The minimum absolute atomic E-state index is 0.0800. The fraction of sp³-hybridized carbons (Fsp3) is 0.364. The summed E-state index contributed by atoms with van der Waals surface area (Å²) in [5, 5.41) is 12.3. The van der Waals surface area contributed by atoms with Crippen molar-refractivity contribution in [3.63, 3.8) is 0 Å². The second-order valence-corrected chi connectivity index (χ2v) is 6.86. The number of amides is 1.